The molecule has 5 heteroatoms. The second kappa shape index (κ2) is 4.00. The molecule has 0 saturated carbocycles. The number of aromatic nitrogens is 3. The van der Waals surface area contributed by atoms with Crippen LogP contribution in [-0.2, 0) is 13.0 Å². The first-order chi connectivity index (χ1) is 8.29. The lowest BCUT2D eigenvalue weighted by Crippen LogP contribution is -2.32. The van der Waals surface area contributed by atoms with Gasteiger partial charge in [-0.05, 0) is 19.1 Å². The average Bonchev–Trinajstić information content (AvgIpc) is 2.94. The molecule has 5 nitrogen and oxygen atoms in total. The average molecular weight is 232 g/mol. The number of rotatable bonds is 2. The van der Waals surface area contributed by atoms with Gasteiger partial charge in [-0.15, -0.1) is 10.2 Å². The van der Waals surface area contributed by atoms with E-state index in [2.05, 4.69) is 33.9 Å². The molecule has 1 unspecified atom stereocenters. The van der Waals surface area contributed by atoms with Gasteiger partial charge in [0.05, 0.1) is 6.04 Å². The van der Waals surface area contributed by atoms with E-state index in [0.29, 0.717) is 0 Å². The van der Waals surface area contributed by atoms with Gasteiger partial charge < -0.3 is 14.3 Å². The lowest BCUT2D eigenvalue weighted by atomic mass is 10.2. The fourth-order valence-corrected chi connectivity index (χ4v) is 2.21. The van der Waals surface area contributed by atoms with Crippen molar-refractivity contribution in [3.05, 3.63) is 23.7 Å². The van der Waals surface area contributed by atoms with Gasteiger partial charge in [-0.1, -0.05) is 6.92 Å². The van der Waals surface area contributed by atoms with Crippen LogP contribution in [0.25, 0.3) is 11.6 Å². The summed E-state index contributed by atoms with van der Waals surface area (Å²) in [6, 6.07) is 4.23. The van der Waals surface area contributed by atoms with E-state index in [-0.39, 0.29) is 6.04 Å². The van der Waals surface area contributed by atoms with Gasteiger partial charge in [0, 0.05) is 19.5 Å². The van der Waals surface area contributed by atoms with E-state index in [1.807, 2.05) is 12.1 Å². The maximum Gasteiger partial charge on any atom is 0.199 e. The van der Waals surface area contributed by atoms with Crippen molar-refractivity contribution in [1.29, 1.82) is 0 Å². The first-order valence-electron chi connectivity index (χ1n) is 6.05. The van der Waals surface area contributed by atoms with Crippen LogP contribution in [0.2, 0.25) is 0 Å². The second-order valence-corrected chi connectivity index (χ2v) is 4.33. The van der Waals surface area contributed by atoms with Gasteiger partial charge in [-0.3, -0.25) is 0 Å². The molecule has 0 radical (unpaired) electrons. The number of aryl methyl sites for hydroxylation is 1. The zero-order valence-electron chi connectivity index (χ0n) is 10.1. The van der Waals surface area contributed by atoms with Crippen LogP contribution in [0.15, 0.2) is 16.5 Å². The lowest BCUT2D eigenvalue weighted by Gasteiger charge is -2.21. The van der Waals surface area contributed by atoms with E-state index >= 15 is 0 Å². The van der Waals surface area contributed by atoms with Crippen molar-refractivity contribution in [3.8, 4) is 11.6 Å². The van der Waals surface area contributed by atoms with Gasteiger partial charge in [0.25, 0.3) is 0 Å². The predicted molar refractivity (Wildman–Crippen MR) is 63.5 cm³/mol. The molecule has 1 aliphatic rings. The quantitative estimate of drug-likeness (QED) is 0.857. The second-order valence-electron chi connectivity index (χ2n) is 4.33. The summed E-state index contributed by atoms with van der Waals surface area (Å²) in [5.74, 6) is 3.63. The van der Waals surface area contributed by atoms with E-state index in [1.165, 1.54) is 0 Å². The van der Waals surface area contributed by atoms with Crippen LogP contribution in [0.4, 0.5) is 0 Å². The first kappa shape index (κ1) is 10.5. The van der Waals surface area contributed by atoms with Gasteiger partial charge in [-0.2, -0.15) is 0 Å². The Morgan fingerprint density at radius 2 is 2.35 bits per heavy atom. The maximum absolute atomic E-state index is 5.73. The molecule has 0 amide bonds. The molecule has 0 aromatic carbocycles. The number of nitrogens with one attached hydrogen (secondary N) is 1. The summed E-state index contributed by atoms with van der Waals surface area (Å²) in [6.45, 7) is 6.02. The summed E-state index contributed by atoms with van der Waals surface area (Å²) >= 11 is 0. The summed E-state index contributed by atoms with van der Waals surface area (Å²) in [4.78, 5) is 0. The van der Waals surface area contributed by atoms with Gasteiger partial charge >= 0.3 is 0 Å². The molecule has 2 aromatic heterocycles. The van der Waals surface area contributed by atoms with Gasteiger partial charge in [0.2, 0.25) is 0 Å². The monoisotopic (exact) mass is 232 g/mol. The highest BCUT2D eigenvalue weighted by molar-refractivity contribution is 5.48. The molecular weight excluding hydrogens is 216 g/mol. The lowest BCUT2D eigenvalue weighted by molar-refractivity contribution is 0.435. The third-order valence-electron chi connectivity index (χ3n) is 3.18. The Hall–Kier alpha value is -1.62. The van der Waals surface area contributed by atoms with Crippen molar-refractivity contribution in [2.24, 2.45) is 0 Å². The van der Waals surface area contributed by atoms with E-state index in [4.69, 9.17) is 4.42 Å². The summed E-state index contributed by atoms with van der Waals surface area (Å²) in [7, 11) is 0. The molecule has 0 bridgehead atoms. The van der Waals surface area contributed by atoms with Crippen LogP contribution in [0.1, 0.15) is 31.5 Å². The summed E-state index contributed by atoms with van der Waals surface area (Å²) < 4.78 is 7.87. The molecule has 2 aromatic rings. The molecule has 1 aliphatic heterocycles. The first-order valence-corrected chi connectivity index (χ1v) is 6.05. The van der Waals surface area contributed by atoms with Crippen molar-refractivity contribution in [3.63, 3.8) is 0 Å². The van der Waals surface area contributed by atoms with Crippen molar-refractivity contribution in [2.75, 3.05) is 6.54 Å². The standard InChI is InChI=1S/C12H16N4O/c1-3-9-4-5-10(17-9)12-15-14-11-8(2)13-6-7-16(11)12/h4-5,8,13H,3,6-7H2,1-2H3. The fraction of sp³-hybridized carbons (Fsp3) is 0.500. The van der Waals surface area contributed by atoms with Crippen molar-refractivity contribution in [2.45, 2.75) is 32.9 Å². The Labute approximate surface area is 99.8 Å². The Morgan fingerprint density at radius 1 is 1.47 bits per heavy atom. The highest BCUT2D eigenvalue weighted by Crippen LogP contribution is 2.25. The molecule has 0 aliphatic carbocycles. The zero-order chi connectivity index (χ0) is 11.8. The molecule has 3 rings (SSSR count). The maximum atomic E-state index is 5.73. The third kappa shape index (κ3) is 1.67. The van der Waals surface area contributed by atoms with E-state index < -0.39 is 0 Å². The van der Waals surface area contributed by atoms with Crippen LogP contribution >= 0.6 is 0 Å². The summed E-state index contributed by atoms with van der Waals surface area (Å²) in [5, 5.41) is 11.9. The van der Waals surface area contributed by atoms with Gasteiger partial charge in [0.15, 0.2) is 11.6 Å². The van der Waals surface area contributed by atoms with E-state index in [9.17, 15) is 0 Å². The Balaban J connectivity index is 2.03. The Morgan fingerprint density at radius 3 is 3.12 bits per heavy atom. The minimum Gasteiger partial charge on any atom is -0.458 e. The van der Waals surface area contributed by atoms with Crippen LogP contribution in [0, 0.1) is 0 Å². The van der Waals surface area contributed by atoms with E-state index in [1.54, 1.807) is 0 Å². The molecule has 1 N–H and O–H groups in total. The molecule has 1 atom stereocenters. The van der Waals surface area contributed by atoms with Crippen molar-refractivity contribution < 1.29 is 4.42 Å². The van der Waals surface area contributed by atoms with Crippen LogP contribution in [0.3, 0.4) is 0 Å². The number of furan rings is 1. The number of hydrogen-bond acceptors (Lipinski definition) is 4. The van der Waals surface area contributed by atoms with E-state index in [0.717, 1.165) is 42.7 Å². The number of nitrogens with zero attached hydrogens (tertiary/aromatic N) is 3. The van der Waals surface area contributed by atoms with Crippen LogP contribution in [-0.4, -0.2) is 21.3 Å². The minimum absolute atomic E-state index is 0.255. The van der Waals surface area contributed by atoms with Gasteiger partial charge in [0.1, 0.15) is 11.6 Å². The Kier molecular flexibility index (Phi) is 2.48. The summed E-state index contributed by atoms with van der Waals surface area (Å²) in [6.07, 6.45) is 0.902. The predicted octanol–water partition coefficient (Wildman–Crippen LogP) is 1.76. The zero-order valence-corrected chi connectivity index (χ0v) is 10.1. The number of hydrogen-bond donors (Lipinski definition) is 1. The van der Waals surface area contributed by atoms with Crippen molar-refractivity contribution in [1.82, 2.24) is 20.1 Å². The fourth-order valence-electron chi connectivity index (χ4n) is 2.21. The topological polar surface area (TPSA) is 55.9 Å². The molecule has 0 spiro atoms. The molecule has 0 fully saturated rings. The normalized spacial score (nSPS) is 19.3. The molecule has 17 heavy (non-hydrogen) atoms. The molecule has 3 heterocycles. The van der Waals surface area contributed by atoms with Crippen LogP contribution in [0.5, 0.6) is 0 Å². The smallest absolute Gasteiger partial charge is 0.199 e. The van der Waals surface area contributed by atoms with Crippen LogP contribution < -0.4 is 5.32 Å². The molecular formula is C12H16N4O. The van der Waals surface area contributed by atoms with Gasteiger partial charge in [-0.25, -0.2) is 0 Å². The number of fused-ring (bicyclic) bond motifs is 1. The summed E-state index contributed by atoms with van der Waals surface area (Å²) in [5.41, 5.74) is 0. The molecule has 0 saturated heterocycles. The molecule has 90 valence electrons. The highest BCUT2D eigenvalue weighted by Gasteiger charge is 2.23. The third-order valence-corrected chi connectivity index (χ3v) is 3.18. The highest BCUT2D eigenvalue weighted by atomic mass is 16.3. The minimum atomic E-state index is 0.255. The largest absolute Gasteiger partial charge is 0.458 e. The Bertz CT molecular complexity index is 528. The van der Waals surface area contributed by atoms with Crippen molar-refractivity contribution >= 4 is 0 Å². The SMILES string of the molecule is CCc1ccc(-c2nnc3n2CCNC3C)o1.